The minimum atomic E-state index is 0.0355. The van der Waals surface area contributed by atoms with Crippen LogP contribution in [0.1, 0.15) is 48.0 Å². The molecule has 2 heterocycles. The zero-order valence-corrected chi connectivity index (χ0v) is 15.9. The molecule has 1 aromatic rings. The Hall–Kier alpha value is -1.43. The number of amides is 1. The van der Waals surface area contributed by atoms with Gasteiger partial charge in [0.15, 0.2) is 0 Å². The van der Waals surface area contributed by atoms with Crippen LogP contribution >= 0.6 is 0 Å². The molecule has 0 aliphatic carbocycles. The summed E-state index contributed by atoms with van der Waals surface area (Å²) in [5.41, 5.74) is 2.06. The summed E-state index contributed by atoms with van der Waals surface area (Å²) >= 11 is 0. The number of morpholine rings is 1. The molecule has 5 heteroatoms. The molecule has 1 N–H and O–H groups in total. The van der Waals surface area contributed by atoms with Crippen LogP contribution in [0.15, 0.2) is 24.3 Å². The monoisotopic (exact) mass is 359 g/mol. The molecule has 1 aromatic carbocycles. The molecule has 0 bridgehead atoms. The van der Waals surface area contributed by atoms with Crippen molar-refractivity contribution >= 4 is 5.91 Å². The molecule has 2 saturated heterocycles. The molecule has 0 atom stereocenters. The second-order valence-corrected chi connectivity index (χ2v) is 7.45. The van der Waals surface area contributed by atoms with E-state index in [9.17, 15) is 4.79 Å². The van der Waals surface area contributed by atoms with Crippen molar-refractivity contribution in [3.63, 3.8) is 0 Å². The number of carbonyl (C=O) groups excluding carboxylic acids is 1. The van der Waals surface area contributed by atoms with Gasteiger partial charge in [0.1, 0.15) is 0 Å². The number of benzene rings is 1. The van der Waals surface area contributed by atoms with E-state index in [1.807, 2.05) is 12.1 Å². The number of likely N-dealkylation sites (tertiary alicyclic amines) is 1. The molecular formula is C21H33N3O2. The van der Waals surface area contributed by atoms with Gasteiger partial charge in [0.25, 0.3) is 5.91 Å². The number of hydrogen-bond donors (Lipinski definition) is 1. The van der Waals surface area contributed by atoms with E-state index in [1.54, 1.807) is 0 Å². The van der Waals surface area contributed by atoms with Crippen molar-refractivity contribution in [1.29, 1.82) is 0 Å². The van der Waals surface area contributed by atoms with Crippen LogP contribution in [0.4, 0.5) is 0 Å². The highest BCUT2D eigenvalue weighted by Crippen LogP contribution is 2.14. The molecule has 0 saturated carbocycles. The van der Waals surface area contributed by atoms with Crippen LogP contribution in [0.3, 0.4) is 0 Å². The maximum absolute atomic E-state index is 12.3. The lowest BCUT2D eigenvalue weighted by atomic mass is 10.1. The Labute approximate surface area is 157 Å². The van der Waals surface area contributed by atoms with Gasteiger partial charge in [-0.3, -0.25) is 14.6 Å². The molecule has 0 spiro atoms. The highest BCUT2D eigenvalue weighted by molar-refractivity contribution is 5.94. The average Bonchev–Trinajstić information content (AvgIpc) is 2.95. The Balaban J connectivity index is 1.37. The fraction of sp³-hybridized carbons (Fsp3) is 0.667. The third kappa shape index (κ3) is 6.38. The van der Waals surface area contributed by atoms with Gasteiger partial charge in [-0.25, -0.2) is 0 Å². The Bertz CT molecular complexity index is 533. The highest BCUT2D eigenvalue weighted by Gasteiger charge is 2.11. The summed E-state index contributed by atoms with van der Waals surface area (Å²) < 4.78 is 5.35. The molecule has 1 amide bonds. The fourth-order valence-electron chi connectivity index (χ4n) is 3.75. The van der Waals surface area contributed by atoms with E-state index in [0.29, 0.717) is 0 Å². The molecule has 3 rings (SSSR count). The summed E-state index contributed by atoms with van der Waals surface area (Å²) in [7, 11) is 0. The number of rotatable bonds is 7. The van der Waals surface area contributed by atoms with E-state index in [0.717, 1.165) is 57.9 Å². The third-order valence-corrected chi connectivity index (χ3v) is 5.36. The van der Waals surface area contributed by atoms with Gasteiger partial charge in [0.05, 0.1) is 13.2 Å². The van der Waals surface area contributed by atoms with Crippen molar-refractivity contribution in [1.82, 2.24) is 15.1 Å². The molecule has 5 nitrogen and oxygen atoms in total. The second-order valence-electron chi connectivity index (χ2n) is 7.45. The summed E-state index contributed by atoms with van der Waals surface area (Å²) in [5.74, 6) is 0.0355. The minimum absolute atomic E-state index is 0.0355. The van der Waals surface area contributed by atoms with Gasteiger partial charge in [-0.05, 0) is 56.6 Å². The Kier molecular flexibility index (Phi) is 7.92. The van der Waals surface area contributed by atoms with Crippen LogP contribution in [0, 0.1) is 0 Å². The Morgan fingerprint density at radius 3 is 2.31 bits per heavy atom. The van der Waals surface area contributed by atoms with E-state index < -0.39 is 0 Å². The topological polar surface area (TPSA) is 44.8 Å². The standard InChI is InChI=1S/C21H33N3O2/c25-21(22-10-5-13-23-14-16-26-17-15-23)20-8-6-19(7-9-20)18-24-11-3-1-2-4-12-24/h6-9H,1-5,10-18H2,(H,22,25). The summed E-state index contributed by atoms with van der Waals surface area (Å²) in [6.45, 7) is 8.83. The molecule has 2 aliphatic heterocycles. The number of ether oxygens (including phenoxy) is 1. The lowest BCUT2D eigenvalue weighted by Crippen LogP contribution is -2.38. The first-order valence-corrected chi connectivity index (χ1v) is 10.2. The first-order valence-electron chi connectivity index (χ1n) is 10.2. The van der Waals surface area contributed by atoms with Gasteiger partial charge >= 0.3 is 0 Å². The quantitative estimate of drug-likeness (QED) is 0.760. The fourth-order valence-corrected chi connectivity index (χ4v) is 3.75. The number of nitrogens with zero attached hydrogens (tertiary/aromatic N) is 2. The molecule has 2 aliphatic rings. The lowest BCUT2D eigenvalue weighted by Gasteiger charge is -2.26. The zero-order valence-electron chi connectivity index (χ0n) is 15.9. The third-order valence-electron chi connectivity index (χ3n) is 5.36. The molecule has 144 valence electrons. The maximum atomic E-state index is 12.3. The van der Waals surface area contributed by atoms with Crippen molar-refractivity contribution < 1.29 is 9.53 Å². The second kappa shape index (κ2) is 10.7. The number of nitrogens with one attached hydrogen (secondary N) is 1. The van der Waals surface area contributed by atoms with Gasteiger partial charge in [0, 0.05) is 31.7 Å². The Morgan fingerprint density at radius 1 is 0.923 bits per heavy atom. The Morgan fingerprint density at radius 2 is 1.62 bits per heavy atom. The van der Waals surface area contributed by atoms with Crippen LogP contribution in [0.2, 0.25) is 0 Å². The van der Waals surface area contributed by atoms with Crippen molar-refractivity contribution in [2.75, 3.05) is 52.5 Å². The predicted octanol–water partition coefficient (Wildman–Crippen LogP) is 2.51. The molecule has 0 unspecified atom stereocenters. The molecule has 2 fully saturated rings. The zero-order chi connectivity index (χ0) is 18.0. The van der Waals surface area contributed by atoms with Crippen molar-refractivity contribution in [2.24, 2.45) is 0 Å². The van der Waals surface area contributed by atoms with E-state index in [4.69, 9.17) is 4.74 Å². The summed E-state index contributed by atoms with van der Waals surface area (Å²) in [6, 6.07) is 8.13. The maximum Gasteiger partial charge on any atom is 0.251 e. The van der Waals surface area contributed by atoms with Crippen LogP contribution in [-0.2, 0) is 11.3 Å². The number of hydrogen-bond acceptors (Lipinski definition) is 4. The van der Waals surface area contributed by atoms with Crippen LogP contribution in [0.25, 0.3) is 0 Å². The van der Waals surface area contributed by atoms with Gasteiger partial charge in [-0.1, -0.05) is 25.0 Å². The molecule has 0 radical (unpaired) electrons. The van der Waals surface area contributed by atoms with Gasteiger partial charge < -0.3 is 10.1 Å². The van der Waals surface area contributed by atoms with E-state index in [1.165, 1.54) is 44.3 Å². The van der Waals surface area contributed by atoms with Crippen LogP contribution < -0.4 is 5.32 Å². The smallest absolute Gasteiger partial charge is 0.251 e. The van der Waals surface area contributed by atoms with E-state index >= 15 is 0 Å². The average molecular weight is 360 g/mol. The largest absolute Gasteiger partial charge is 0.379 e. The molecule has 26 heavy (non-hydrogen) atoms. The minimum Gasteiger partial charge on any atom is -0.379 e. The van der Waals surface area contributed by atoms with Gasteiger partial charge in [-0.2, -0.15) is 0 Å². The van der Waals surface area contributed by atoms with Crippen molar-refractivity contribution in [2.45, 2.75) is 38.6 Å². The first-order chi connectivity index (χ1) is 12.8. The SMILES string of the molecule is O=C(NCCCN1CCOCC1)c1ccc(CN2CCCCCC2)cc1. The summed E-state index contributed by atoms with van der Waals surface area (Å²) in [5, 5.41) is 3.04. The summed E-state index contributed by atoms with van der Waals surface area (Å²) in [4.78, 5) is 17.2. The number of carbonyl (C=O) groups is 1. The summed E-state index contributed by atoms with van der Waals surface area (Å²) in [6.07, 6.45) is 6.33. The molecule has 0 aromatic heterocycles. The normalized spacial score (nSPS) is 19.8. The van der Waals surface area contributed by atoms with Gasteiger partial charge in [0.2, 0.25) is 0 Å². The van der Waals surface area contributed by atoms with Gasteiger partial charge in [-0.15, -0.1) is 0 Å². The van der Waals surface area contributed by atoms with E-state index in [-0.39, 0.29) is 5.91 Å². The van der Waals surface area contributed by atoms with Crippen LogP contribution in [-0.4, -0.2) is 68.2 Å². The predicted molar refractivity (Wildman–Crippen MR) is 104 cm³/mol. The molecular weight excluding hydrogens is 326 g/mol. The van der Waals surface area contributed by atoms with E-state index in [2.05, 4.69) is 27.2 Å². The van der Waals surface area contributed by atoms with Crippen LogP contribution in [0.5, 0.6) is 0 Å². The van der Waals surface area contributed by atoms with Crippen molar-refractivity contribution in [3.8, 4) is 0 Å². The lowest BCUT2D eigenvalue weighted by molar-refractivity contribution is 0.0374. The highest BCUT2D eigenvalue weighted by atomic mass is 16.5. The van der Waals surface area contributed by atoms with Crippen molar-refractivity contribution in [3.05, 3.63) is 35.4 Å². The first kappa shape index (κ1) is 19.3.